The van der Waals surface area contributed by atoms with Crippen molar-refractivity contribution < 1.29 is 53.6 Å². The summed E-state index contributed by atoms with van der Waals surface area (Å²) in [5, 5.41) is 0. The van der Waals surface area contributed by atoms with E-state index >= 15 is 0 Å². The molecule has 0 aromatic rings. The third kappa shape index (κ3) is 88.3. The molecule has 8 heavy (non-hydrogen) atoms. The predicted molar refractivity (Wildman–Crippen MR) is 14.9 cm³/mol. The van der Waals surface area contributed by atoms with Crippen LogP contribution in [0, 0.1) is 0 Å². The van der Waals surface area contributed by atoms with Gasteiger partial charge in [-0.3, -0.25) is 0 Å². The molecule has 0 fully saturated rings. The largest absolute Gasteiger partial charge is 4.00 e. The zero-order chi connectivity index (χ0) is 0. The summed E-state index contributed by atoms with van der Waals surface area (Å²) in [6.45, 7) is 0. The molecule has 0 saturated carbocycles. The summed E-state index contributed by atoms with van der Waals surface area (Å²) >= 11 is 0. The van der Waals surface area contributed by atoms with Crippen molar-refractivity contribution in [3.8, 4) is 0 Å². The maximum Gasteiger partial charge on any atom is 4.00 e. The van der Waals surface area contributed by atoms with Crippen molar-refractivity contribution in [3.63, 3.8) is 0 Å². The Labute approximate surface area is 98.1 Å². The fraction of sp³-hybridized carbons (Fsp3) is 0. The number of hydrogen-bond acceptors (Lipinski definition) is 0. The normalized spacial score (nSPS) is 0. The van der Waals surface area contributed by atoms with E-state index in [1.54, 1.807) is 0 Å². The summed E-state index contributed by atoms with van der Waals surface area (Å²) in [6.07, 6.45) is 0. The Morgan fingerprint density at radius 2 is 0.500 bits per heavy atom. The Balaban J connectivity index is 0. The van der Waals surface area contributed by atoms with Crippen LogP contribution in [0.4, 0.5) is 0 Å². The van der Waals surface area contributed by atoms with Crippen molar-refractivity contribution in [2.24, 2.45) is 0 Å². The molecule has 0 radical (unpaired) electrons. The number of hydrogen-bond donors (Lipinski definition) is 0. The minimum Gasteiger partial charge on any atom is -2.00 e. The molecule has 0 aliphatic rings. The summed E-state index contributed by atoms with van der Waals surface area (Å²) in [5.41, 5.74) is 0. The fourth-order valence-corrected chi connectivity index (χ4v) is 0. The first-order chi connectivity index (χ1) is 0. The summed E-state index contributed by atoms with van der Waals surface area (Å²) in [4.78, 5) is 0. The van der Waals surface area contributed by atoms with Gasteiger partial charge >= 0.3 is 71.8 Å². The standard InChI is InChI=1S/Ga.In.5O.Zr/q2*+3;5*-2;+4. The van der Waals surface area contributed by atoms with Crippen LogP contribution in [0.15, 0.2) is 0 Å². The van der Waals surface area contributed by atoms with E-state index in [-0.39, 0.29) is 99.2 Å². The minimum atomic E-state index is 0. The number of rotatable bonds is 0. The molecular weight excluding hydrogens is 356 g/mol. The second kappa shape index (κ2) is 129. The van der Waals surface area contributed by atoms with Crippen molar-refractivity contribution in [1.29, 1.82) is 0 Å². The van der Waals surface area contributed by atoms with Gasteiger partial charge in [0.25, 0.3) is 0 Å². The van der Waals surface area contributed by atoms with E-state index in [4.69, 9.17) is 0 Å². The fourth-order valence-electron chi connectivity index (χ4n) is 0. The van der Waals surface area contributed by atoms with Crippen molar-refractivity contribution in [2.75, 3.05) is 0 Å². The molecule has 0 heterocycles. The van der Waals surface area contributed by atoms with Crippen molar-refractivity contribution in [2.45, 2.75) is 0 Å². The van der Waals surface area contributed by atoms with Gasteiger partial charge < -0.3 is 27.4 Å². The van der Waals surface area contributed by atoms with E-state index in [0.29, 0.717) is 0 Å². The van der Waals surface area contributed by atoms with Crippen LogP contribution in [-0.4, -0.2) is 45.6 Å². The van der Waals surface area contributed by atoms with Gasteiger partial charge in [-0.25, -0.2) is 0 Å². The quantitative estimate of drug-likeness (QED) is 0.473. The SMILES string of the molecule is [Ga+3].[In+3].[O-2].[O-2].[O-2].[O-2].[O-2].[Zr+4]. The molecule has 0 spiro atoms. The zero-order valence-corrected chi connectivity index (χ0v) is 11.9. The molecule has 0 unspecified atom stereocenters. The topological polar surface area (TPSA) is 142 Å². The van der Waals surface area contributed by atoms with E-state index in [1.165, 1.54) is 0 Å². The molecule has 0 bridgehead atoms. The second-order valence-electron chi connectivity index (χ2n) is 0. The molecule has 0 atom stereocenters. The van der Waals surface area contributed by atoms with Gasteiger partial charge in [-0.2, -0.15) is 0 Å². The van der Waals surface area contributed by atoms with Crippen LogP contribution in [0.2, 0.25) is 0 Å². The third-order valence-corrected chi connectivity index (χ3v) is 0. The van der Waals surface area contributed by atoms with Crippen LogP contribution in [0.3, 0.4) is 0 Å². The van der Waals surface area contributed by atoms with E-state index in [9.17, 15) is 0 Å². The van der Waals surface area contributed by atoms with E-state index in [0.717, 1.165) is 0 Å². The molecule has 5 nitrogen and oxygen atoms in total. The molecule has 0 rings (SSSR count). The average Bonchev–Trinajstić information content (AvgIpc) is 0. The Morgan fingerprint density at radius 1 is 0.500 bits per heavy atom. The third-order valence-electron chi connectivity index (χ3n) is 0. The minimum absolute atomic E-state index is 0. The van der Waals surface area contributed by atoms with Crippen LogP contribution >= 0.6 is 0 Å². The van der Waals surface area contributed by atoms with Crippen molar-refractivity contribution >= 4 is 45.6 Å². The molecule has 40 valence electrons. The van der Waals surface area contributed by atoms with Gasteiger partial charge in [0, 0.05) is 0 Å². The average molecular weight is 356 g/mol. The summed E-state index contributed by atoms with van der Waals surface area (Å²) in [7, 11) is 0. The van der Waals surface area contributed by atoms with Crippen molar-refractivity contribution in [3.05, 3.63) is 0 Å². The van der Waals surface area contributed by atoms with Crippen LogP contribution in [-0.2, 0) is 53.6 Å². The molecule has 0 aliphatic heterocycles. The van der Waals surface area contributed by atoms with Gasteiger partial charge in [0.1, 0.15) is 0 Å². The Hall–Kier alpha value is 2.19. The van der Waals surface area contributed by atoms with Gasteiger partial charge in [-0.1, -0.05) is 0 Å². The van der Waals surface area contributed by atoms with E-state index in [2.05, 4.69) is 0 Å². The molecule has 0 saturated heterocycles. The van der Waals surface area contributed by atoms with Crippen LogP contribution in [0.5, 0.6) is 0 Å². The first-order valence-corrected chi connectivity index (χ1v) is 0. The van der Waals surface area contributed by atoms with Gasteiger partial charge in [-0.05, 0) is 0 Å². The van der Waals surface area contributed by atoms with E-state index in [1.807, 2.05) is 0 Å². The van der Waals surface area contributed by atoms with Crippen LogP contribution < -0.4 is 0 Å². The maximum absolute atomic E-state index is 0. The molecule has 8 heteroatoms. The van der Waals surface area contributed by atoms with Crippen LogP contribution in [0.25, 0.3) is 0 Å². The predicted octanol–water partition coefficient (Wildman–Crippen LogP) is -1.36. The Bertz CT molecular complexity index is 12.4. The molecule has 0 aromatic heterocycles. The van der Waals surface area contributed by atoms with Gasteiger partial charge in [0.05, 0.1) is 0 Å². The first-order valence-electron chi connectivity index (χ1n) is 0. The van der Waals surface area contributed by atoms with Crippen LogP contribution in [0.1, 0.15) is 0 Å². The molecular formula is GaInO5Zr. The smallest absolute Gasteiger partial charge is 2.00 e. The second-order valence-corrected chi connectivity index (χ2v) is 0. The molecule has 0 amide bonds. The summed E-state index contributed by atoms with van der Waals surface area (Å²) in [5.74, 6) is 0. The maximum atomic E-state index is 0. The Kier molecular flexibility index (Phi) is 2880. The zero-order valence-electron chi connectivity index (χ0n) is 3.70. The molecule has 0 aliphatic carbocycles. The monoisotopic (exact) mass is 354 g/mol. The van der Waals surface area contributed by atoms with Gasteiger partial charge in [0.2, 0.25) is 0 Å². The van der Waals surface area contributed by atoms with Gasteiger partial charge in [-0.15, -0.1) is 0 Å². The van der Waals surface area contributed by atoms with E-state index < -0.39 is 0 Å². The van der Waals surface area contributed by atoms with Crippen molar-refractivity contribution in [1.82, 2.24) is 0 Å². The summed E-state index contributed by atoms with van der Waals surface area (Å²) < 4.78 is 0. The van der Waals surface area contributed by atoms with Gasteiger partial charge in [0.15, 0.2) is 0 Å². The molecule has 0 aromatic carbocycles. The Morgan fingerprint density at radius 3 is 0.500 bits per heavy atom. The first kappa shape index (κ1) is 179. The summed E-state index contributed by atoms with van der Waals surface area (Å²) in [6, 6.07) is 0. The molecule has 0 N–H and O–H groups in total.